The van der Waals surface area contributed by atoms with Crippen molar-refractivity contribution in [2.24, 2.45) is 0 Å². The zero-order chi connectivity index (χ0) is 13.8. The minimum absolute atomic E-state index is 0.126. The summed E-state index contributed by atoms with van der Waals surface area (Å²) >= 11 is 0. The molecule has 0 aliphatic rings. The average Bonchev–Trinajstić information content (AvgIpc) is 3.04. The Kier molecular flexibility index (Phi) is 3.46. The molecule has 98 valence electrons. The minimum Gasteiger partial charge on any atom is -0.351 e. The van der Waals surface area contributed by atoms with Gasteiger partial charge in [-0.2, -0.15) is 0 Å². The van der Waals surface area contributed by atoms with Crippen LogP contribution in [0.4, 0.5) is 0 Å². The second-order valence-corrected chi connectivity index (χ2v) is 4.73. The maximum absolute atomic E-state index is 4.33. The van der Waals surface area contributed by atoms with Gasteiger partial charge in [-0.25, -0.2) is 4.98 Å². The first-order valence-electron chi connectivity index (χ1n) is 6.64. The SMILES string of the molecule is C=C(c1c[nH]cn1)C(c1ccccc1)c1ccccc1. The van der Waals surface area contributed by atoms with E-state index in [4.69, 9.17) is 0 Å². The lowest BCUT2D eigenvalue weighted by molar-refractivity contribution is 1.04. The fourth-order valence-electron chi connectivity index (χ4n) is 2.47. The third-order valence-corrected chi connectivity index (χ3v) is 3.44. The van der Waals surface area contributed by atoms with Crippen molar-refractivity contribution in [1.82, 2.24) is 9.97 Å². The largest absolute Gasteiger partial charge is 0.351 e. The molecule has 0 amide bonds. The zero-order valence-electron chi connectivity index (χ0n) is 11.2. The van der Waals surface area contributed by atoms with E-state index in [1.807, 2.05) is 18.3 Å². The molecule has 0 fully saturated rings. The summed E-state index contributed by atoms with van der Waals surface area (Å²) in [6, 6.07) is 20.8. The number of allylic oxidation sites excluding steroid dienone is 1. The van der Waals surface area contributed by atoms with E-state index in [0.29, 0.717) is 0 Å². The second kappa shape index (κ2) is 5.57. The van der Waals surface area contributed by atoms with Crippen LogP contribution in [0.5, 0.6) is 0 Å². The summed E-state index contributed by atoms with van der Waals surface area (Å²) in [4.78, 5) is 7.33. The molecule has 2 aromatic carbocycles. The lowest BCUT2D eigenvalue weighted by Crippen LogP contribution is -2.03. The first-order chi connectivity index (χ1) is 9.86. The van der Waals surface area contributed by atoms with E-state index < -0.39 is 0 Å². The molecule has 1 heterocycles. The molecule has 0 radical (unpaired) electrons. The minimum atomic E-state index is 0.126. The number of nitrogens with one attached hydrogen (secondary N) is 1. The molecule has 0 saturated carbocycles. The van der Waals surface area contributed by atoms with Crippen LogP contribution in [-0.4, -0.2) is 9.97 Å². The van der Waals surface area contributed by atoms with Crippen LogP contribution < -0.4 is 0 Å². The summed E-state index contributed by atoms with van der Waals surface area (Å²) < 4.78 is 0. The normalized spacial score (nSPS) is 10.7. The molecule has 2 nitrogen and oxygen atoms in total. The summed E-state index contributed by atoms with van der Waals surface area (Å²) in [5.74, 6) is 0.126. The van der Waals surface area contributed by atoms with Crippen LogP contribution in [-0.2, 0) is 0 Å². The highest BCUT2D eigenvalue weighted by atomic mass is 14.9. The van der Waals surface area contributed by atoms with Crippen LogP contribution >= 0.6 is 0 Å². The van der Waals surface area contributed by atoms with Crippen molar-refractivity contribution in [3.63, 3.8) is 0 Å². The van der Waals surface area contributed by atoms with Gasteiger partial charge < -0.3 is 4.98 Å². The summed E-state index contributed by atoms with van der Waals surface area (Å²) in [5.41, 5.74) is 4.37. The quantitative estimate of drug-likeness (QED) is 0.746. The van der Waals surface area contributed by atoms with E-state index in [0.717, 1.165) is 11.3 Å². The molecule has 0 aliphatic carbocycles. The average molecular weight is 260 g/mol. The van der Waals surface area contributed by atoms with Gasteiger partial charge >= 0.3 is 0 Å². The van der Waals surface area contributed by atoms with Crippen molar-refractivity contribution in [3.05, 3.63) is 96.6 Å². The van der Waals surface area contributed by atoms with Crippen LogP contribution in [0, 0.1) is 0 Å². The van der Waals surface area contributed by atoms with Crippen LogP contribution in [0.15, 0.2) is 79.8 Å². The Morgan fingerprint density at radius 2 is 1.45 bits per heavy atom. The Balaban J connectivity index is 2.07. The monoisotopic (exact) mass is 260 g/mol. The summed E-state index contributed by atoms with van der Waals surface area (Å²) in [7, 11) is 0. The number of imidazole rings is 1. The topological polar surface area (TPSA) is 28.7 Å². The lowest BCUT2D eigenvalue weighted by Gasteiger charge is -2.19. The Hall–Kier alpha value is -2.61. The predicted molar refractivity (Wildman–Crippen MR) is 82.3 cm³/mol. The Morgan fingerprint density at radius 3 is 1.90 bits per heavy atom. The van der Waals surface area contributed by atoms with Gasteiger partial charge in [-0.15, -0.1) is 0 Å². The molecular formula is C18H16N2. The molecule has 1 aromatic heterocycles. The highest BCUT2D eigenvalue weighted by Gasteiger charge is 2.19. The lowest BCUT2D eigenvalue weighted by atomic mass is 9.84. The van der Waals surface area contributed by atoms with E-state index in [-0.39, 0.29) is 5.92 Å². The molecule has 3 rings (SSSR count). The van der Waals surface area contributed by atoms with E-state index in [1.54, 1.807) is 6.33 Å². The summed E-state index contributed by atoms with van der Waals surface area (Å²) in [6.45, 7) is 4.27. The third kappa shape index (κ3) is 2.41. The van der Waals surface area contributed by atoms with Crippen molar-refractivity contribution in [3.8, 4) is 0 Å². The molecule has 3 aromatic rings. The number of hydrogen-bond donors (Lipinski definition) is 1. The number of rotatable bonds is 4. The number of aromatic nitrogens is 2. The van der Waals surface area contributed by atoms with Gasteiger partial charge in [-0.1, -0.05) is 67.2 Å². The maximum atomic E-state index is 4.33. The zero-order valence-corrected chi connectivity index (χ0v) is 11.2. The van der Waals surface area contributed by atoms with Crippen molar-refractivity contribution < 1.29 is 0 Å². The van der Waals surface area contributed by atoms with Gasteiger partial charge in [-0.3, -0.25) is 0 Å². The Labute approximate surface area is 118 Å². The first kappa shape index (κ1) is 12.4. The second-order valence-electron chi connectivity index (χ2n) is 4.73. The molecular weight excluding hydrogens is 244 g/mol. The van der Waals surface area contributed by atoms with Crippen molar-refractivity contribution in [2.45, 2.75) is 5.92 Å². The highest BCUT2D eigenvalue weighted by Crippen LogP contribution is 2.35. The standard InChI is InChI=1S/C18H16N2/c1-14(17-12-19-13-20-17)18(15-8-4-2-5-9-15)16-10-6-3-7-11-16/h2-13,18H,1H2,(H,19,20). The van der Waals surface area contributed by atoms with E-state index in [9.17, 15) is 0 Å². The third-order valence-electron chi connectivity index (χ3n) is 3.44. The molecule has 20 heavy (non-hydrogen) atoms. The van der Waals surface area contributed by atoms with Crippen LogP contribution in [0.1, 0.15) is 22.7 Å². The fraction of sp³-hybridized carbons (Fsp3) is 0.0556. The molecule has 0 unspecified atom stereocenters. The van der Waals surface area contributed by atoms with Gasteiger partial charge in [0.15, 0.2) is 0 Å². The van der Waals surface area contributed by atoms with Gasteiger partial charge in [0.25, 0.3) is 0 Å². The number of nitrogens with zero attached hydrogens (tertiary/aromatic N) is 1. The summed E-state index contributed by atoms with van der Waals surface area (Å²) in [5, 5.41) is 0. The predicted octanol–water partition coefficient (Wildman–Crippen LogP) is 4.26. The Morgan fingerprint density at radius 1 is 0.900 bits per heavy atom. The smallest absolute Gasteiger partial charge is 0.0927 e. The first-order valence-corrected chi connectivity index (χ1v) is 6.64. The highest BCUT2D eigenvalue weighted by molar-refractivity contribution is 5.70. The van der Waals surface area contributed by atoms with Crippen molar-refractivity contribution >= 4 is 5.57 Å². The van der Waals surface area contributed by atoms with E-state index >= 15 is 0 Å². The number of hydrogen-bond acceptors (Lipinski definition) is 1. The maximum Gasteiger partial charge on any atom is 0.0927 e. The van der Waals surface area contributed by atoms with Crippen molar-refractivity contribution in [2.75, 3.05) is 0 Å². The Bertz CT molecular complexity index is 630. The molecule has 0 aliphatic heterocycles. The molecule has 0 spiro atoms. The van der Waals surface area contributed by atoms with E-state index in [2.05, 4.69) is 65.1 Å². The molecule has 0 saturated heterocycles. The summed E-state index contributed by atoms with van der Waals surface area (Å²) in [6.07, 6.45) is 3.58. The number of benzene rings is 2. The number of H-pyrrole nitrogens is 1. The van der Waals surface area contributed by atoms with Crippen molar-refractivity contribution in [1.29, 1.82) is 0 Å². The number of aromatic amines is 1. The van der Waals surface area contributed by atoms with Gasteiger partial charge in [-0.05, 0) is 16.7 Å². The van der Waals surface area contributed by atoms with Gasteiger partial charge in [0.2, 0.25) is 0 Å². The molecule has 1 N–H and O–H groups in total. The van der Waals surface area contributed by atoms with Gasteiger partial charge in [0.1, 0.15) is 0 Å². The van der Waals surface area contributed by atoms with Crippen LogP contribution in [0.3, 0.4) is 0 Å². The molecule has 0 atom stereocenters. The van der Waals surface area contributed by atoms with Crippen LogP contribution in [0.2, 0.25) is 0 Å². The van der Waals surface area contributed by atoms with Gasteiger partial charge in [0.05, 0.1) is 12.0 Å². The van der Waals surface area contributed by atoms with Crippen LogP contribution in [0.25, 0.3) is 5.57 Å². The molecule has 0 bridgehead atoms. The van der Waals surface area contributed by atoms with E-state index in [1.165, 1.54) is 11.1 Å². The van der Waals surface area contributed by atoms with Gasteiger partial charge in [0, 0.05) is 12.1 Å². The molecule has 2 heteroatoms. The fourth-order valence-corrected chi connectivity index (χ4v) is 2.47.